The van der Waals surface area contributed by atoms with Crippen molar-refractivity contribution in [3.05, 3.63) is 65.7 Å². The van der Waals surface area contributed by atoms with Crippen molar-refractivity contribution in [2.45, 2.75) is 44.2 Å². The van der Waals surface area contributed by atoms with Crippen LogP contribution in [0.4, 0.5) is 0 Å². The van der Waals surface area contributed by atoms with Crippen molar-refractivity contribution in [1.29, 1.82) is 0 Å². The van der Waals surface area contributed by atoms with E-state index in [1.54, 1.807) is 42.5 Å². The summed E-state index contributed by atoms with van der Waals surface area (Å²) in [5.74, 6) is -1.97. The summed E-state index contributed by atoms with van der Waals surface area (Å²) in [6.45, 7) is 3.73. The average Bonchev–Trinajstić information content (AvgIpc) is 2.83. The highest BCUT2D eigenvalue weighted by Gasteiger charge is 2.52. The van der Waals surface area contributed by atoms with E-state index in [1.807, 2.05) is 13.8 Å². The van der Waals surface area contributed by atoms with E-state index in [4.69, 9.17) is 0 Å². The number of amides is 1. The molecule has 0 radical (unpaired) electrons. The molecule has 0 bridgehead atoms. The number of hydrogen-bond donors (Lipinski definition) is 3. The Balaban J connectivity index is 1.85. The lowest BCUT2D eigenvalue weighted by Gasteiger charge is -2.42. The van der Waals surface area contributed by atoms with Gasteiger partial charge in [-0.3, -0.25) is 4.79 Å². The van der Waals surface area contributed by atoms with Crippen molar-refractivity contribution in [3.8, 4) is 0 Å². The van der Waals surface area contributed by atoms with Crippen molar-refractivity contribution >= 4 is 32.1 Å². The van der Waals surface area contributed by atoms with Gasteiger partial charge in [0.2, 0.25) is 10.0 Å². The molecule has 1 aliphatic rings. The minimum atomic E-state index is -4.26. The fraction of sp³-hybridized carbons (Fsp3) is 0.391. The number of aliphatic carboxylic acids is 1. The molecule has 1 heterocycles. The normalized spacial score (nSPS) is 21.4. The number of benzene rings is 2. The number of carboxylic acids is 1. The minimum absolute atomic E-state index is 0.0523. The topological polar surface area (TPSA) is 150 Å². The molecule has 0 saturated carbocycles. The molecule has 0 spiro atoms. The van der Waals surface area contributed by atoms with Crippen LogP contribution in [0.1, 0.15) is 37.8 Å². The Morgan fingerprint density at radius 3 is 2.19 bits per heavy atom. The van der Waals surface area contributed by atoms with Crippen LogP contribution in [0.5, 0.6) is 0 Å². The third-order valence-corrected chi connectivity index (χ3v) is 9.22. The van der Waals surface area contributed by atoms with E-state index in [1.165, 1.54) is 12.1 Å². The first-order valence-electron chi connectivity index (χ1n) is 11.3. The predicted molar refractivity (Wildman–Crippen MR) is 132 cm³/mol. The summed E-state index contributed by atoms with van der Waals surface area (Å²) in [7, 11) is -8.49. The lowest BCUT2D eigenvalue weighted by molar-refractivity contribution is -0.889. The number of carbonyl (C=O) groups is 2. The maximum absolute atomic E-state index is 13.3. The highest BCUT2D eigenvalue weighted by Crippen LogP contribution is 2.26. The van der Waals surface area contributed by atoms with Gasteiger partial charge in [-0.1, -0.05) is 56.3 Å². The molecule has 2 aromatic carbocycles. The minimum Gasteiger partial charge on any atom is -0.480 e. The molecule has 13 heteroatoms. The first kappa shape index (κ1) is 27.9. The number of quaternary nitrogens is 1. The fourth-order valence-corrected chi connectivity index (χ4v) is 6.76. The number of carboxylic acid groups (broad SMARTS) is 1. The quantitative estimate of drug-likeness (QED) is 0.405. The van der Waals surface area contributed by atoms with E-state index < -0.39 is 49.3 Å². The standard InChI is InChI=1S/C23H30N4O7S2/c1-17(2)20-9-11-21(12-10-20)35(31,32)26-13-14-27(18(3)28,16-22(26)23(29)30)25-36(33,34)24-15-19-7-5-4-6-8-19/h4-12,17,22,24-25H,13-16H2,1-3H3/p+1. The third kappa shape index (κ3) is 6.17. The van der Waals surface area contributed by atoms with Gasteiger partial charge in [-0.15, -0.1) is 0 Å². The first-order valence-corrected chi connectivity index (χ1v) is 14.3. The summed E-state index contributed by atoms with van der Waals surface area (Å²) < 4.78 is 54.4. The number of sulfonamides is 1. The predicted octanol–water partition coefficient (Wildman–Crippen LogP) is 1.17. The number of hydrogen-bond acceptors (Lipinski definition) is 6. The zero-order valence-electron chi connectivity index (χ0n) is 20.3. The Labute approximate surface area is 211 Å². The van der Waals surface area contributed by atoms with E-state index in [2.05, 4.69) is 9.55 Å². The summed E-state index contributed by atoms with van der Waals surface area (Å²) in [4.78, 5) is 27.0. The Morgan fingerprint density at radius 1 is 1.06 bits per heavy atom. The second kappa shape index (κ2) is 10.7. The largest absolute Gasteiger partial charge is 0.480 e. The van der Waals surface area contributed by atoms with Crippen LogP contribution in [0.15, 0.2) is 59.5 Å². The SMILES string of the molecule is CC(=O)[N+]1(NS(=O)(=O)NCc2ccccc2)CCN(S(=O)(=O)c2ccc(C(C)C)cc2)C(C(=O)O)C1. The molecule has 2 aromatic rings. The molecule has 1 amide bonds. The average molecular weight is 540 g/mol. The number of nitrogens with zero attached hydrogens (tertiary/aromatic N) is 2. The molecule has 1 aliphatic heterocycles. The highest BCUT2D eigenvalue weighted by atomic mass is 32.2. The molecule has 3 N–H and O–H groups in total. The molecule has 36 heavy (non-hydrogen) atoms. The van der Waals surface area contributed by atoms with Gasteiger partial charge >= 0.3 is 22.1 Å². The van der Waals surface area contributed by atoms with Crippen molar-refractivity contribution < 1.29 is 36.1 Å². The summed E-state index contributed by atoms with van der Waals surface area (Å²) in [5, 5.41) is 9.88. The molecule has 196 valence electrons. The van der Waals surface area contributed by atoms with Gasteiger partial charge in [-0.05, 0) is 34.0 Å². The van der Waals surface area contributed by atoms with Gasteiger partial charge < -0.3 is 5.11 Å². The smallest absolute Gasteiger partial charge is 0.330 e. The third-order valence-electron chi connectivity index (χ3n) is 6.18. The van der Waals surface area contributed by atoms with Crippen molar-refractivity contribution in [1.82, 2.24) is 13.9 Å². The molecule has 11 nitrogen and oxygen atoms in total. The lowest BCUT2D eigenvalue weighted by atomic mass is 10.0. The maximum atomic E-state index is 13.3. The summed E-state index contributed by atoms with van der Waals surface area (Å²) in [5.41, 5.74) is 1.60. The van der Waals surface area contributed by atoms with E-state index in [9.17, 15) is 31.5 Å². The molecule has 2 atom stereocenters. The van der Waals surface area contributed by atoms with Gasteiger partial charge in [-0.25, -0.2) is 13.2 Å². The molecule has 3 rings (SSSR count). The van der Waals surface area contributed by atoms with Crippen LogP contribution >= 0.6 is 0 Å². The van der Waals surface area contributed by atoms with Crippen molar-refractivity contribution in [2.75, 3.05) is 19.6 Å². The van der Waals surface area contributed by atoms with Gasteiger partial charge in [0.25, 0.3) is 0 Å². The number of carbonyl (C=O) groups excluding carboxylic acids is 1. The first-order chi connectivity index (χ1) is 16.8. The second-order valence-electron chi connectivity index (χ2n) is 8.99. The molecule has 0 aromatic heterocycles. The van der Waals surface area contributed by atoms with Crippen LogP contribution in [0.25, 0.3) is 0 Å². The molecular weight excluding hydrogens is 508 g/mol. The van der Waals surface area contributed by atoms with E-state index in [0.717, 1.165) is 16.8 Å². The van der Waals surface area contributed by atoms with Crippen molar-refractivity contribution in [2.24, 2.45) is 0 Å². The monoisotopic (exact) mass is 539 g/mol. The second-order valence-corrected chi connectivity index (χ2v) is 12.4. The van der Waals surface area contributed by atoms with Gasteiger partial charge in [0, 0.05) is 6.54 Å². The maximum Gasteiger partial charge on any atom is 0.330 e. The van der Waals surface area contributed by atoms with Crippen LogP contribution in [-0.4, -0.2) is 68.4 Å². The Kier molecular flexibility index (Phi) is 8.33. The molecule has 0 aliphatic carbocycles. The summed E-state index contributed by atoms with van der Waals surface area (Å²) >= 11 is 0. The van der Waals surface area contributed by atoms with Crippen LogP contribution < -0.4 is 9.55 Å². The Hall–Kier alpha value is -2.68. The Morgan fingerprint density at radius 2 is 1.67 bits per heavy atom. The number of piperazine rings is 1. The van der Waals surface area contributed by atoms with Gasteiger partial charge in [-0.2, -0.15) is 22.0 Å². The van der Waals surface area contributed by atoms with Gasteiger partial charge in [0.15, 0.2) is 6.04 Å². The van der Waals surface area contributed by atoms with Crippen LogP contribution in [0.3, 0.4) is 0 Å². The van der Waals surface area contributed by atoms with Gasteiger partial charge in [0.05, 0.1) is 18.4 Å². The zero-order valence-corrected chi connectivity index (χ0v) is 21.9. The molecule has 1 saturated heterocycles. The summed E-state index contributed by atoms with van der Waals surface area (Å²) in [6, 6.07) is 13.2. The van der Waals surface area contributed by atoms with Crippen LogP contribution in [0.2, 0.25) is 0 Å². The Bertz CT molecular complexity index is 1310. The van der Waals surface area contributed by atoms with Crippen molar-refractivity contribution in [3.63, 3.8) is 0 Å². The van der Waals surface area contributed by atoms with E-state index in [0.29, 0.717) is 5.56 Å². The molecular formula is C23H31N4O7S2+. The van der Waals surface area contributed by atoms with Gasteiger partial charge in [0.1, 0.15) is 13.1 Å². The van der Waals surface area contributed by atoms with E-state index >= 15 is 0 Å². The highest BCUT2D eigenvalue weighted by molar-refractivity contribution is 7.89. The molecule has 1 fully saturated rings. The van der Waals surface area contributed by atoms with Crippen LogP contribution in [-0.2, 0) is 36.4 Å². The number of nitrogens with one attached hydrogen (secondary N) is 2. The molecule has 2 unspecified atom stereocenters. The van der Waals surface area contributed by atoms with E-state index in [-0.39, 0.29) is 30.4 Å². The van der Waals surface area contributed by atoms with Crippen LogP contribution in [0, 0.1) is 0 Å². The number of rotatable bonds is 9. The lowest BCUT2D eigenvalue weighted by Crippen LogP contribution is -2.74. The summed E-state index contributed by atoms with van der Waals surface area (Å²) in [6.07, 6.45) is 0. The zero-order chi connectivity index (χ0) is 26.7. The fourth-order valence-electron chi connectivity index (χ4n) is 4.02.